The van der Waals surface area contributed by atoms with Gasteiger partial charge in [-0.15, -0.1) is 6.58 Å². The van der Waals surface area contributed by atoms with E-state index < -0.39 is 17.5 Å². The van der Waals surface area contributed by atoms with Crippen LogP contribution in [0.15, 0.2) is 61.2 Å². The molecule has 1 aromatic rings. The highest BCUT2D eigenvalue weighted by molar-refractivity contribution is 5.32. The van der Waals surface area contributed by atoms with Crippen molar-refractivity contribution >= 4 is 0 Å². The quantitative estimate of drug-likeness (QED) is 0.224. The summed E-state index contributed by atoms with van der Waals surface area (Å²) in [4.78, 5) is 0. The van der Waals surface area contributed by atoms with E-state index in [4.69, 9.17) is 4.74 Å². The molecule has 5 heteroatoms. The van der Waals surface area contributed by atoms with E-state index in [1.807, 2.05) is 6.92 Å². The first-order valence-electron chi connectivity index (χ1n) is 12.7. The minimum Gasteiger partial charge on any atom is -0.494 e. The molecule has 0 heterocycles. The summed E-state index contributed by atoms with van der Waals surface area (Å²) in [6.07, 6.45) is 10.6. The van der Waals surface area contributed by atoms with E-state index in [0.717, 1.165) is 32.1 Å². The predicted molar refractivity (Wildman–Crippen MR) is 138 cm³/mol. The maximum atomic E-state index is 14.9. The molecule has 0 aliphatic heterocycles. The van der Waals surface area contributed by atoms with Crippen molar-refractivity contribution in [1.82, 2.24) is 0 Å². The molecule has 2 aliphatic carbocycles. The predicted octanol–water partition coefficient (Wildman–Crippen LogP) is 8.80. The molecule has 0 aromatic heterocycles. The Hall–Kier alpha value is -2.27. The van der Waals surface area contributed by atoms with Gasteiger partial charge in [0.2, 0.25) is 0 Å². The van der Waals surface area contributed by atoms with Crippen molar-refractivity contribution in [3.05, 3.63) is 83.9 Å². The highest BCUT2D eigenvalue weighted by Crippen LogP contribution is 2.41. The maximum absolute atomic E-state index is 14.9. The first-order valence-corrected chi connectivity index (χ1v) is 12.7. The summed E-state index contributed by atoms with van der Waals surface area (Å²) in [5.41, 5.74) is 1.65. The van der Waals surface area contributed by atoms with E-state index in [9.17, 15) is 18.3 Å². The zero-order valence-electron chi connectivity index (χ0n) is 21.3. The number of aliphatic hydroxyl groups is 1. The van der Waals surface area contributed by atoms with Crippen LogP contribution in [0, 0.1) is 17.6 Å². The summed E-state index contributed by atoms with van der Waals surface area (Å²) in [5, 5.41) is 9.67. The molecule has 1 N–H and O–H groups in total. The molecule has 0 saturated heterocycles. The van der Waals surface area contributed by atoms with Gasteiger partial charge in [-0.05, 0) is 106 Å². The van der Waals surface area contributed by atoms with Crippen LogP contribution < -0.4 is 0 Å². The van der Waals surface area contributed by atoms with Crippen LogP contribution in [-0.4, -0.2) is 18.3 Å². The molecule has 0 amide bonds. The molecule has 194 valence electrons. The molecule has 3 rings (SSSR count). The largest absolute Gasteiger partial charge is 0.494 e. The van der Waals surface area contributed by atoms with Crippen molar-refractivity contribution < 1.29 is 23.0 Å². The number of hydrogen-bond donors (Lipinski definition) is 1. The molecule has 2 fully saturated rings. The summed E-state index contributed by atoms with van der Waals surface area (Å²) >= 11 is 0. The topological polar surface area (TPSA) is 29.5 Å². The van der Waals surface area contributed by atoms with Crippen molar-refractivity contribution in [2.45, 2.75) is 89.1 Å². The Bertz CT molecular complexity index is 889. The van der Waals surface area contributed by atoms with Crippen LogP contribution in [0.1, 0.15) is 94.1 Å². The second-order valence-electron chi connectivity index (χ2n) is 9.82. The molecular formula is C30H41F3O2. The van der Waals surface area contributed by atoms with Crippen LogP contribution in [0.25, 0.3) is 0 Å². The summed E-state index contributed by atoms with van der Waals surface area (Å²) in [6.45, 7) is 12.6. The fourth-order valence-electron chi connectivity index (χ4n) is 5.18. The number of rotatable bonds is 8. The number of ether oxygens (including phenoxy) is 1. The van der Waals surface area contributed by atoms with Gasteiger partial charge >= 0.3 is 0 Å². The third kappa shape index (κ3) is 8.42. The van der Waals surface area contributed by atoms with E-state index in [0.29, 0.717) is 54.7 Å². The second kappa shape index (κ2) is 14.3. The fraction of sp³-hybridized carbons (Fsp3) is 0.533. The van der Waals surface area contributed by atoms with Gasteiger partial charge < -0.3 is 9.84 Å². The van der Waals surface area contributed by atoms with Crippen LogP contribution in [0.2, 0.25) is 0 Å². The van der Waals surface area contributed by atoms with Crippen LogP contribution >= 0.6 is 0 Å². The van der Waals surface area contributed by atoms with Crippen molar-refractivity contribution in [2.75, 3.05) is 7.11 Å². The third-order valence-electron chi connectivity index (χ3n) is 7.28. The van der Waals surface area contributed by atoms with E-state index in [-0.39, 0.29) is 23.7 Å². The van der Waals surface area contributed by atoms with Gasteiger partial charge in [0.25, 0.3) is 0 Å². The Morgan fingerprint density at radius 1 is 0.971 bits per heavy atom. The third-order valence-corrected chi connectivity index (χ3v) is 7.28. The van der Waals surface area contributed by atoms with Gasteiger partial charge in [-0.2, -0.15) is 0 Å². The summed E-state index contributed by atoms with van der Waals surface area (Å²) in [5.74, 6) is -1.40. The normalized spacial score (nSPS) is 24.7. The number of hydrogen-bond acceptors (Lipinski definition) is 2. The van der Waals surface area contributed by atoms with Gasteiger partial charge in [-0.3, -0.25) is 0 Å². The fourth-order valence-corrected chi connectivity index (χ4v) is 5.18. The smallest absolute Gasteiger partial charge is 0.164 e. The van der Waals surface area contributed by atoms with Crippen molar-refractivity contribution in [1.29, 1.82) is 0 Å². The van der Waals surface area contributed by atoms with Crippen molar-refractivity contribution in [3.8, 4) is 0 Å². The Labute approximate surface area is 209 Å². The summed E-state index contributed by atoms with van der Waals surface area (Å²) in [6, 6.07) is 3.54. The molecule has 0 radical (unpaired) electrons. The average Bonchev–Trinajstić information content (AvgIpc) is 2.85. The minimum atomic E-state index is -0.700. The summed E-state index contributed by atoms with van der Waals surface area (Å²) < 4.78 is 48.4. The number of allylic oxidation sites excluding steroid dienone is 4. The highest BCUT2D eigenvalue weighted by Gasteiger charge is 2.29. The molecule has 0 unspecified atom stereocenters. The van der Waals surface area contributed by atoms with Gasteiger partial charge in [0.05, 0.1) is 13.2 Å². The molecule has 1 aromatic carbocycles. The molecular weight excluding hydrogens is 449 g/mol. The Morgan fingerprint density at radius 2 is 1.43 bits per heavy atom. The standard InChI is InChI=1S/C27H35F3O2.C3H6/c1-17(16-25(28)18(2)32-3)4-5-19-6-8-20(9-7-19)23-14-15-24(27(30)26(23)29)21-10-12-22(31)13-11-21;1-3-2/h14-16,19-22,31H,1-2,4-13H2,3H3;3H,1H2,2H3/b25-16+;. The molecule has 0 bridgehead atoms. The van der Waals surface area contributed by atoms with Gasteiger partial charge in [0.15, 0.2) is 17.5 Å². The van der Waals surface area contributed by atoms with E-state index >= 15 is 0 Å². The van der Waals surface area contributed by atoms with Crippen molar-refractivity contribution in [2.24, 2.45) is 5.92 Å². The van der Waals surface area contributed by atoms with E-state index in [2.05, 4.69) is 19.7 Å². The first kappa shape index (κ1) is 29.0. The van der Waals surface area contributed by atoms with E-state index in [1.165, 1.54) is 13.2 Å². The van der Waals surface area contributed by atoms with Crippen LogP contribution in [0.5, 0.6) is 0 Å². The first-order chi connectivity index (χ1) is 16.7. The minimum absolute atomic E-state index is 0.00647. The Morgan fingerprint density at radius 3 is 1.89 bits per heavy atom. The number of aliphatic hydroxyl groups excluding tert-OH is 1. The highest BCUT2D eigenvalue weighted by atomic mass is 19.2. The number of methoxy groups -OCH3 is 1. The lowest BCUT2D eigenvalue weighted by atomic mass is 9.76. The molecule has 0 atom stereocenters. The van der Waals surface area contributed by atoms with Gasteiger partial charge in [0.1, 0.15) is 5.76 Å². The lowest BCUT2D eigenvalue weighted by Gasteiger charge is -2.30. The Balaban J connectivity index is 0.00000137. The molecule has 0 spiro atoms. The molecule has 2 aliphatic rings. The Kier molecular flexibility index (Phi) is 11.9. The van der Waals surface area contributed by atoms with Gasteiger partial charge in [-0.25, -0.2) is 13.2 Å². The number of halogens is 3. The van der Waals surface area contributed by atoms with Crippen LogP contribution in [0.4, 0.5) is 13.2 Å². The molecule has 2 saturated carbocycles. The monoisotopic (exact) mass is 490 g/mol. The molecule has 2 nitrogen and oxygen atoms in total. The number of benzene rings is 1. The lowest BCUT2D eigenvalue weighted by molar-refractivity contribution is 0.122. The SMILES string of the molecule is C=C(/C=C(/F)C(=C)OC)CCC1CCC(c2ccc(C3CCC(O)CC3)c(F)c2F)CC1.C=CC. The maximum Gasteiger partial charge on any atom is 0.164 e. The zero-order chi connectivity index (χ0) is 26.0. The van der Waals surface area contributed by atoms with Crippen molar-refractivity contribution in [3.63, 3.8) is 0 Å². The average molecular weight is 491 g/mol. The second-order valence-corrected chi connectivity index (χ2v) is 9.82. The van der Waals surface area contributed by atoms with Crippen LogP contribution in [0.3, 0.4) is 0 Å². The molecule has 35 heavy (non-hydrogen) atoms. The zero-order valence-corrected chi connectivity index (χ0v) is 21.3. The van der Waals surface area contributed by atoms with Gasteiger partial charge in [0, 0.05) is 0 Å². The van der Waals surface area contributed by atoms with Gasteiger partial charge in [-0.1, -0.05) is 36.9 Å². The lowest BCUT2D eigenvalue weighted by Crippen LogP contribution is -2.19. The van der Waals surface area contributed by atoms with E-state index in [1.54, 1.807) is 18.2 Å². The van der Waals surface area contributed by atoms with Crippen LogP contribution in [-0.2, 0) is 4.74 Å². The summed E-state index contributed by atoms with van der Waals surface area (Å²) in [7, 11) is 1.38.